The highest BCUT2D eigenvalue weighted by molar-refractivity contribution is 5.95. The lowest BCUT2D eigenvalue weighted by Crippen LogP contribution is -2.25. The van der Waals surface area contributed by atoms with Crippen molar-refractivity contribution in [3.8, 4) is 0 Å². The number of aromatic carboxylic acids is 1. The van der Waals surface area contributed by atoms with E-state index in [1.807, 2.05) is 16.7 Å². The van der Waals surface area contributed by atoms with Crippen molar-refractivity contribution in [3.05, 3.63) is 45.2 Å². The smallest absolute Gasteiger partial charge is 0.341 e. The number of nitrogens with zero attached hydrogens (tertiary/aromatic N) is 1. The summed E-state index contributed by atoms with van der Waals surface area (Å²) in [6, 6.07) is 5.56. The van der Waals surface area contributed by atoms with Gasteiger partial charge in [-0.1, -0.05) is 12.1 Å². The molecule has 1 N–H and O–H groups in total. The maximum absolute atomic E-state index is 12.2. The number of carbonyl (C=O) groups is 1. The van der Waals surface area contributed by atoms with E-state index in [1.165, 1.54) is 0 Å². The Balaban J connectivity index is 2.58. The average Bonchev–Trinajstić information content (AvgIpc) is 2.35. The SMILES string of the molecule is Cc1c(C(=O)O)c(=O)c2cccc3c2n1CCC3. The fourth-order valence-electron chi connectivity index (χ4n) is 2.86. The fraction of sp³-hybridized carbons (Fsp3) is 0.286. The van der Waals surface area contributed by atoms with E-state index in [9.17, 15) is 14.7 Å². The maximum atomic E-state index is 12.2. The summed E-state index contributed by atoms with van der Waals surface area (Å²) >= 11 is 0. The molecule has 0 spiro atoms. The van der Waals surface area contributed by atoms with E-state index in [0.29, 0.717) is 11.1 Å². The largest absolute Gasteiger partial charge is 0.477 e. The van der Waals surface area contributed by atoms with Crippen molar-refractivity contribution < 1.29 is 9.90 Å². The molecule has 1 aromatic carbocycles. The van der Waals surface area contributed by atoms with Crippen LogP contribution in [0.25, 0.3) is 10.9 Å². The van der Waals surface area contributed by atoms with Crippen LogP contribution in [0.3, 0.4) is 0 Å². The summed E-state index contributed by atoms with van der Waals surface area (Å²) in [5.74, 6) is -1.14. The number of hydrogen-bond acceptors (Lipinski definition) is 2. The minimum Gasteiger partial charge on any atom is -0.477 e. The normalized spacial score (nSPS) is 13.8. The Morgan fingerprint density at radius 1 is 1.39 bits per heavy atom. The highest BCUT2D eigenvalue weighted by Crippen LogP contribution is 2.25. The number of pyridine rings is 1. The van der Waals surface area contributed by atoms with E-state index in [-0.39, 0.29) is 11.0 Å². The number of rotatable bonds is 1. The Morgan fingerprint density at radius 3 is 2.89 bits per heavy atom. The molecule has 0 saturated carbocycles. The number of para-hydroxylation sites is 1. The molecule has 0 amide bonds. The monoisotopic (exact) mass is 243 g/mol. The number of carboxylic acids is 1. The summed E-state index contributed by atoms with van der Waals surface area (Å²) in [4.78, 5) is 23.5. The summed E-state index contributed by atoms with van der Waals surface area (Å²) in [7, 11) is 0. The van der Waals surface area contributed by atoms with E-state index in [1.54, 1.807) is 13.0 Å². The second-order valence-corrected chi connectivity index (χ2v) is 4.66. The van der Waals surface area contributed by atoms with Crippen LogP contribution in [0, 0.1) is 6.92 Å². The highest BCUT2D eigenvalue weighted by atomic mass is 16.4. The van der Waals surface area contributed by atoms with Crippen LogP contribution in [0.1, 0.15) is 28.0 Å². The first kappa shape index (κ1) is 11.0. The summed E-state index contributed by atoms with van der Waals surface area (Å²) in [6.07, 6.45) is 1.93. The van der Waals surface area contributed by atoms with Gasteiger partial charge in [0.2, 0.25) is 5.43 Å². The molecule has 3 rings (SSSR count). The third-order valence-electron chi connectivity index (χ3n) is 3.67. The first-order valence-corrected chi connectivity index (χ1v) is 5.99. The zero-order valence-corrected chi connectivity index (χ0v) is 10.1. The number of aromatic nitrogens is 1. The maximum Gasteiger partial charge on any atom is 0.341 e. The van der Waals surface area contributed by atoms with Crippen molar-refractivity contribution in [1.29, 1.82) is 0 Å². The van der Waals surface area contributed by atoms with Gasteiger partial charge in [-0.05, 0) is 31.4 Å². The molecule has 0 bridgehead atoms. The van der Waals surface area contributed by atoms with Crippen LogP contribution in [-0.4, -0.2) is 15.6 Å². The molecule has 4 nitrogen and oxygen atoms in total. The zero-order chi connectivity index (χ0) is 12.9. The second kappa shape index (κ2) is 3.70. The van der Waals surface area contributed by atoms with Crippen molar-refractivity contribution in [3.63, 3.8) is 0 Å². The molecule has 0 aliphatic carbocycles. The van der Waals surface area contributed by atoms with Gasteiger partial charge < -0.3 is 9.67 Å². The molecule has 0 saturated heterocycles. The predicted octanol–water partition coefficient (Wildman–Crippen LogP) is 1.95. The third-order valence-corrected chi connectivity index (χ3v) is 3.67. The summed E-state index contributed by atoms with van der Waals surface area (Å²) in [5, 5.41) is 9.72. The molecule has 18 heavy (non-hydrogen) atoms. The lowest BCUT2D eigenvalue weighted by Gasteiger charge is -2.23. The van der Waals surface area contributed by atoms with Gasteiger partial charge in [0.15, 0.2) is 0 Å². The van der Waals surface area contributed by atoms with E-state index in [2.05, 4.69) is 0 Å². The summed E-state index contributed by atoms with van der Waals surface area (Å²) in [5.41, 5.74) is 2.15. The fourth-order valence-corrected chi connectivity index (χ4v) is 2.86. The molecular formula is C14H13NO3. The van der Waals surface area contributed by atoms with Crippen LogP contribution in [0.15, 0.2) is 23.0 Å². The van der Waals surface area contributed by atoms with Crippen molar-refractivity contribution in [2.45, 2.75) is 26.3 Å². The van der Waals surface area contributed by atoms with Gasteiger partial charge in [-0.25, -0.2) is 4.79 Å². The van der Waals surface area contributed by atoms with Crippen LogP contribution in [0.2, 0.25) is 0 Å². The molecule has 1 aliphatic rings. The van der Waals surface area contributed by atoms with Gasteiger partial charge in [0.25, 0.3) is 0 Å². The average molecular weight is 243 g/mol. The topological polar surface area (TPSA) is 59.3 Å². The third kappa shape index (κ3) is 1.32. The van der Waals surface area contributed by atoms with E-state index < -0.39 is 5.97 Å². The molecule has 0 fully saturated rings. The van der Waals surface area contributed by atoms with Crippen molar-refractivity contribution in [2.24, 2.45) is 0 Å². The van der Waals surface area contributed by atoms with E-state index in [0.717, 1.165) is 30.5 Å². The molecule has 1 aliphatic heterocycles. The van der Waals surface area contributed by atoms with Crippen LogP contribution in [-0.2, 0) is 13.0 Å². The summed E-state index contributed by atoms with van der Waals surface area (Å²) < 4.78 is 1.97. The number of hydrogen-bond donors (Lipinski definition) is 1. The van der Waals surface area contributed by atoms with Crippen LogP contribution >= 0.6 is 0 Å². The molecule has 1 aromatic heterocycles. The molecular weight excluding hydrogens is 230 g/mol. The summed E-state index contributed by atoms with van der Waals surface area (Å²) in [6.45, 7) is 2.49. The molecule has 0 unspecified atom stereocenters. The van der Waals surface area contributed by atoms with Gasteiger partial charge in [-0.2, -0.15) is 0 Å². The van der Waals surface area contributed by atoms with Crippen LogP contribution < -0.4 is 5.43 Å². The molecule has 0 radical (unpaired) electrons. The predicted molar refractivity (Wildman–Crippen MR) is 68.2 cm³/mol. The number of benzene rings is 1. The molecule has 2 aromatic rings. The van der Waals surface area contributed by atoms with Crippen LogP contribution in [0.5, 0.6) is 0 Å². The Morgan fingerprint density at radius 2 is 2.17 bits per heavy atom. The second-order valence-electron chi connectivity index (χ2n) is 4.66. The first-order valence-electron chi connectivity index (χ1n) is 5.99. The highest BCUT2D eigenvalue weighted by Gasteiger charge is 2.22. The lowest BCUT2D eigenvalue weighted by atomic mass is 9.98. The quantitative estimate of drug-likeness (QED) is 0.832. The van der Waals surface area contributed by atoms with Crippen molar-refractivity contribution >= 4 is 16.9 Å². The minimum atomic E-state index is -1.14. The Labute approximate surface area is 103 Å². The molecule has 0 atom stereocenters. The Hall–Kier alpha value is -2.10. The number of carboxylic acid groups (broad SMARTS) is 1. The minimum absolute atomic E-state index is 0.0958. The Kier molecular flexibility index (Phi) is 2.26. The van der Waals surface area contributed by atoms with Gasteiger partial charge in [-0.3, -0.25) is 4.79 Å². The van der Waals surface area contributed by atoms with Gasteiger partial charge in [0, 0.05) is 17.6 Å². The van der Waals surface area contributed by atoms with Gasteiger partial charge >= 0.3 is 5.97 Å². The standard InChI is InChI=1S/C14H13NO3/c1-8-11(14(17)18)13(16)10-6-2-4-9-5-3-7-15(8)12(9)10/h2,4,6H,3,5,7H2,1H3,(H,17,18). The zero-order valence-electron chi connectivity index (χ0n) is 10.1. The Bertz CT molecular complexity index is 728. The van der Waals surface area contributed by atoms with E-state index >= 15 is 0 Å². The van der Waals surface area contributed by atoms with Crippen molar-refractivity contribution in [1.82, 2.24) is 4.57 Å². The lowest BCUT2D eigenvalue weighted by molar-refractivity contribution is 0.0694. The van der Waals surface area contributed by atoms with E-state index in [4.69, 9.17) is 0 Å². The van der Waals surface area contributed by atoms with Gasteiger partial charge in [0.05, 0.1) is 5.52 Å². The molecule has 4 heteroatoms. The number of aryl methyl sites for hydroxylation is 2. The molecule has 92 valence electrons. The van der Waals surface area contributed by atoms with Crippen LogP contribution in [0.4, 0.5) is 0 Å². The van der Waals surface area contributed by atoms with Gasteiger partial charge in [-0.15, -0.1) is 0 Å². The molecule has 2 heterocycles. The first-order chi connectivity index (χ1) is 8.61. The van der Waals surface area contributed by atoms with Gasteiger partial charge in [0.1, 0.15) is 5.56 Å². The van der Waals surface area contributed by atoms with Crippen molar-refractivity contribution in [2.75, 3.05) is 0 Å².